The highest BCUT2D eigenvalue weighted by atomic mass is 35.5. The summed E-state index contributed by atoms with van der Waals surface area (Å²) in [6, 6.07) is -0.859. The first kappa shape index (κ1) is 17.3. The second-order valence-corrected chi connectivity index (χ2v) is 2.89. The third-order valence-corrected chi connectivity index (χ3v) is 1.62. The number of halogens is 1. The lowest BCUT2D eigenvalue weighted by atomic mass is 10.1. The molecule has 0 fully saturated rings. The number of carbonyl (C=O) groups is 2. The van der Waals surface area contributed by atoms with Crippen molar-refractivity contribution in [3.63, 3.8) is 0 Å². The highest BCUT2D eigenvalue weighted by molar-refractivity contribution is 5.89. The minimum Gasteiger partial charge on any atom is -0.465 e. The molecule has 0 heterocycles. The largest absolute Gasteiger partial charge is 0.465 e. The van der Waals surface area contributed by atoms with Gasteiger partial charge >= 0.3 is 11.9 Å². The van der Waals surface area contributed by atoms with E-state index in [0.29, 0.717) is 0 Å². The average molecular weight is 252 g/mol. The molecule has 0 aliphatic rings. The number of hydrogen-bond donors (Lipinski definition) is 1. The Labute approximate surface area is 101 Å². The van der Waals surface area contributed by atoms with Crippen LogP contribution < -0.4 is 5.73 Å². The molecule has 1 atom stereocenters. The summed E-state index contributed by atoms with van der Waals surface area (Å²) >= 11 is 0. The van der Waals surface area contributed by atoms with Gasteiger partial charge in [0.2, 0.25) is 0 Å². The molecule has 0 aromatic rings. The van der Waals surface area contributed by atoms with Gasteiger partial charge in [0.15, 0.2) is 0 Å². The second-order valence-electron chi connectivity index (χ2n) is 2.89. The van der Waals surface area contributed by atoms with Crippen LogP contribution in [0.15, 0.2) is 12.2 Å². The molecule has 0 unspecified atom stereocenters. The summed E-state index contributed by atoms with van der Waals surface area (Å²) < 4.78 is 9.39. The van der Waals surface area contributed by atoms with Crippen LogP contribution in [0.4, 0.5) is 0 Å². The quantitative estimate of drug-likeness (QED) is 0.558. The lowest BCUT2D eigenvalue weighted by Gasteiger charge is -2.11. The molecular weight excluding hydrogens is 234 g/mol. The number of ether oxygens (including phenoxy) is 2. The molecule has 6 heteroatoms. The summed E-state index contributed by atoms with van der Waals surface area (Å²) in [5, 5.41) is 0. The van der Waals surface area contributed by atoms with E-state index < -0.39 is 18.0 Å². The number of rotatable bonds is 6. The fraction of sp³-hybridized carbons (Fsp3) is 0.600. The van der Waals surface area contributed by atoms with Crippen molar-refractivity contribution in [1.82, 2.24) is 0 Å². The smallest absolute Gasteiger partial charge is 0.333 e. The topological polar surface area (TPSA) is 78.6 Å². The normalized spacial score (nSPS) is 10.9. The first-order valence-electron chi connectivity index (χ1n) is 4.80. The maximum absolute atomic E-state index is 11.1. The van der Waals surface area contributed by atoms with Gasteiger partial charge in [-0.05, 0) is 13.8 Å². The summed E-state index contributed by atoms with van der Waals surface area (Å²) in [6.07, 6.45) is 0.0532. The highest BCUT2D eigenvalue weighted by Gasteiger charge is 2.19. The molecule has 0 saturated heterocycles. The molecule has 5 nitrogen and oxygen atoms in total. The average Bonchev–Trinajstić information content (AvgIpc) is 2.18. The predicted octanol–water partition coefficient (Wildman–Crippen LogP) is 0.808. The zero-order chi connectivity index (χ0) is 11.8. The van der Waals surface area contributed by atoms with Crippen molar-refractivity contribution in [3.05, 3.63) is 12.2 Å². The molecule has 0 aliphatic carbocycles. The Morgan fingerprint density at radius 3 is 2.19 bits per heavy atom. The van der Waals surface area contributed by atoms with Crippen LogP contribution in [-0.4, -0.2) is 31.2 Å². The molecule has 94 valence electrons. The molecule has 0 bridgehead atoms. The van der Waals surface area contributed by atoms with E-state index in [4.69, 9.17) is 10.5 Å². The molecule has 16 heavy (non-hydrogen) atoms. The van der Waals surface area contributed by atoms with Gasteiger partial charge in [0.05, 0.1) is 13.2 Å². The van der Waals surface area contributed by atoms with E-state index in [2.05, 4.69) is 11.3 Å². The van der Waals surface area contributed by atoms with Crippen molar-refractivity contribution in [2.24, 2.45) is 5.73 Å². The van der Waals surface area contributed by atoms with Crippen LogP contribution in [0.3, 0.4) is 0 Å². The molecule has 0 aromatic heterocycles. The monoisotopic (exact) mass is 251 g/mol. The zero-order valence-electron chi connectivity index (χ0n) is 9.52. The third kappa shape index (κ3) is 6.42. The Bertz CT molecular complexity index is 255. The first-order chi connectivity index (χ1) is 7.02. The van der Waals surface area contributed by atoms with E-state index in [0.717, 1.165) is 0 Å². The maximum atomic E-state index is 11.1. The van der Waals surface area contributed by atoms with Gasteiger partial charge in [0, 0.05) is 12.0 Å². The van der Waals surface area contributed by atoms with Gasteiger partial charge in [-0.15, -0.1) is 12.4 Å². The van der Waals surface area contributed by atoms with Crippen LogP contribution in [0, 0.1) is 0 Å². The summed E-state index contributed by atoms with van der Waals surface area (Å²) in [4.78, 5) is 22.2. The van der Waals surface area contributed by atoms with Crippen molar-refractivity contribution < 1.29 is 19.1 Å². The zero-order valence-corrected chi connectivity index (χ0v) is 10.3. The predicted molar refractivity (Wildman–Crippen MR) is 62.2 cm³/mol. The van der Waals surface area contributed by atoms with E-state index in [1.54, 1.807) is 13.8 Å². The highest BCUT2D eigenvalue weighted by Crippen LogP contribution is 2.05. The van der Waals surface area contributed by atoms with E-state index in [9.17, 15) is 9.59 Å². The molecule has 0 radical (unpaired) electrons. The summed E-state index contributed by atoms with van der Waals surface area (Å²) in [7, 11) is 0. The van der Waals surface area contributed by atoms with E-state index in [1.165, 1.54) is 0 Å². The van der Waals surface area contributed by atoms with Gasteiger partial charge < -0.3 is 15.2 Å². The summed E-state index contributed by atoms with van der Waals surface area (Å²) in [5.74, 6) is -1.07. The van der Waals surface area contributed by atoms with E-state index in [1.807, 2.05) is 0 Å². The van der Waals surface area contributed by atoms with E-state index in [-0.39, 0.29) is 37.6 Å². The Kier molecular flexibility index (Phi) is 9.94. The van der Waals surface area contributed by atoms with Crippen LogP contribution in [0.5, 0.6) is 0 Å². The molecule has 0 aliphatic heterocycles. The lowest BCUT2D eigenvalue weighted by Crippen LogP contribution is -2.33. The second kappa shape index (κ2) is 9.18. The van der Waals surface area contributed by atoms with Gasteiger partial charge in [0.25, 0.3) is 0 Å². The van der Waals surface area contributed by atoms with Crippen molar-refractivity contribution in [3.8, 4) is 0 Å². The maximum Gasteiger partial charge on any atom is 0.333 e. The number of carbonyl (C=O) groups excluding carboxylic acids is 2. The Morgan fingerprint density at radius 1 is 1.25 bits per heavy atom. The van der Waals surface area contributed by atoms with Gasteiger partial charge in [0.1, 0.15) is 6.04 Å². The number of nitrogens with two attached hydrogens (primary N) is 1. The minimum absolute atomic E-state index is 0. The molecule has 0 saturated carbocycles. The molecule has 0 amide bonds. The Balaban J connectivity index is 0. The van der Waals surface area contributed by atoms with Gasteiger partial charge in [-0.2, -0.15) is 0 Å². The van der Waals surface area contributed by atoms with Crippen molar-refractivity contribution in [1.29, 1.82) is 0 Å². The van der Waals surface area contributed by atoms with Crippen LogP contribution in [0.1, 0.15) is 20.3 Å². The first-order valence-corrected chi connectivity index (χ1v) is 4.80. The Hall–Kier alpha value is -1.07. The molecule has 0 aromatic carbocycles. The van der Waals surface area contributed by atoms with Gasteiger partial charge in [-0.3, -0.25) is 4.79 Å². The van der Waals surface area contributed by atoms with Crippen LogP contribution >= 0.6 is 12.4 Å². The van der Waals surface area contributed by atoms with Crippen LogP contribution in [0.25, 0.3) is 0 Å². The van der Waals surface area contributed by atoms with Crippen molar-refractivity contribution in [2.75, 3.05) is 13.2 Å². The number of hydrogen-bond acceptors (Lipinski definition) is 5. The fourth-order valence-electron chi connectivity index (χ4n) is 0.915. The van der Waals surface area contributed by atoms with Gasteiger partial charge in [-0.25, -0.2) is 4.79 Å². The fourth-order valence-corrected chi connectivity index (χ4v) is 0.915. The van der Waals surface area contributed by atoms with E-state index >= 15 is 0 Å². The molecule has 0 spiro atoms. The molecule has 2 N–H and O–H groups in total. The van der Waals surface area contributed by atoms with Gasteiger partial charge in [-0.1, -0.05) is 6.58 Å². The van der Waals surface area contributed by atoms with Crippen molar-refractivity contribution in [2.45, 2.75) is 26.3 Å². The van der Waals surface area contributed by atoms with Crippen LogP contribution in [-0.2, 0) is 19.1 Å². The summed E-state index contributed by atoms with van der Waals surface area (Å²) in [6.45, 7) is 7.40. The Morgan fingerprint density at radius 2 is 1.75 bits per heavy atom. The SMILES string of the molecule is C=C(C[C@H](N)C(=O)OCC)C(=O)OCC.Cl. The standard InChI is InChI=1S/C10H17NO4.ClH/c1-4-14-9(12)7(3)6-8(11)10(13)15-5-2;/h8H,3-6,11H2,1-2H3;1H/t8-;/m0./s1. The van der Waals surface area contributed by atoms with Crippen molar-refractivity contribution >= 4 is 24.3 Å². The number of esters is 2. The molecular formula is C10H18ClNO4. The minimum atomic E-state index is -0.859. The van der Waals surface area contributed by atoms with Crippen LogP contribution in [0.2, 0.25) is 0 Å². The molecule has 0 rings (SSSR count). The summed E-state index contributed by atoms with van der Waals surface area (Å²) in [5.41, 5.74) is 5.67. The lowest BCUT2D eigenvalue weighted by molar-refractivity contribution is -0.144. The third-order valence-electron chi connectivity index (χ3n) is 1.62.